The van der Waals surface area contributed by atoms with Crippen LogP contribution in [0.15, 0.2) is 10.6 Å². The summed E-state index contributed by atoms with van der Waals surface area (Å²) in [5.41, 5.74) is -0.500. The summed E-state index contributed by atoms with van der Waals surface area (Å²) in [4.78, 5) is 31.9. The summed E-state index contributed by atoms with van der Waals surface area (Å²) in [7, 11) is 0. The van der Waals surface area contributed by atoms with Gasteiger partial charge in [0.2, 0.25) is 11.8 Å². The van der Waals surface area contributed by atoms with E-state index >= 15 is 0 Å². The summed E-state index contributed by atoms with van der Waals surface area (Å²) in [5.74, 6) is -0.258. The van der Waals surface area contributed by atoms with Gasteiger partial charge in [-0.05, 0) is 38.7 Å². The van der Waals surface area contributed by atoms with Crippen LogP contribution in [0.4, 0.5) is 13.2 Å². The minimum atomic E-state index is -4.55. The fourth-order valence-electron chi connectivity index (χ4n) is 4.55. The van der Waals surface area contributed by atoms with Gasteiger partial charge in [-0.2, -0.15) is 13.2 Å². The van der Waals surface area contributed by atoms with Crippen molar-refractivity contribution in [3.05, 3.63) is 23.0 Å². The van der Waals surface area contributed by atoms with Gasteiger partial charge in [-0.1, -0.05) is 5.16 Å². The second-order valence-corrected chi connectivity index (χ2v) is 8.32. The first-order valence-corrected chi connectivity index (χ1v) is 10.6. The maximum absolute atomic E-state index is 13.6. The van der Waals surface area contributed by atoms with Crippen LogP contribution in [0.5, 0.6) is 0 Å². The SMILES string of the molecule is Cc1cc(C(F)(F)F)c2c(C3CCCN(C(=O)CCCN4CCCC4=O)C3)noc2n1. The summed E-state index contributed by atoms with van der Waals surface area (Å²) in [5, 5.41) is 3.82. The third kappa shape index (κ3) is 4.52. The lowest BCUT2D eigenvalue weighted by Crippen LogP contribution is -2.39. The highest BCUT2D eigenvalue weighted by molar-refractivity contribution is 5.82. The van der Waals surface area contributed by atoms with Gasteiger partial charge < -0.3 is 14.3 Å². The van der Waals surface area contributed by atoms with Crippen molar-refractivity contribution < 1.29 is 27.3 Å². The molecule has 4 heterocycles. The molecule has 0 bridgehead atoms. The van der Waals surface area contributed by atoms with Gasteiger partial charge in [0.1, 0.15) is 0 Å². The molecule has 2 fully saturated rings. The van der Waals surface area contributed by atoms with Crippen molar-refractivity contribution in [2.45, 2.75) is 57.5 Å². The van der Waals surface area contributed by atoms with Crippen LogP contribution < -0.4 is 0 Å². The molecule has 0 aromatic carbocycles. The quantitative estimate of drug-likeness (QED) is 0.712. The number of rotatable bonds is 5. The number of carbonyl (C=O) groups excluding carboxylic acids is 2. The zero-order valence-electron chi connectivity index (χ0n) is 17.4. The molecule has 7 nitrogen and oxygen atoms in total. The van der Waals surface area contributed by atoms with Gasteiger partial charge in [0.25, 0.3) is 5.71 Å². The molecule has 10 heteroatoms. The number of carbonyl (C=O) groups is 2. The molecule has 2 aliphatic rings. The number of nitrogens with zero attached hydrogens (tertiary/aromatic N) is 4. The third-order valence-electron chi connectivity index (χ3n) is 6.06. The number of hydrogen-bond donors (Lipinski definition) is 0. The average Bonchev–Trinajstić information content (AvgIpc) is 3.32. The zero-order chi connectivity index (χ0) is 22.2. The van der Waals surface area contributed by atoms with Crippen molar-refractivity contribution in [1.29, 1.82) is 0 Å². The Labute approximate surface area is 177 Å². The van der Waals surface area contributed by atoms with Crippen molar-refractivity contribution in [3.8, 4) is 0 Å². The second-order valence-electron chi connectivity index (χ2n) is 8.32. The Bertz CT molecular complexity index is 988. The first-order valence-electron chi connectivity index (χ1n) is 10.6. The topological polar surface area (TPSA) is 79.5 Å². The number of aromatic nitrogens is 2. The normalized spacial score (nSPS) is 20.1. The largest absolute Gasteiger partial charge is 0.417 e. The van der Waals surface area contributed by atoms with Gasteiger partial charge in [-0.3, -0.25) is 9.59 Å². The lowest BCUT2D eigenvalue weighted by molar-refractivity contribution is -0.136. The van der Waals surface area contributed by atoms with Gasteiger partial charge in [0.15, 0.2) is 0 Å². The number of amides is 2. The van der Waals surface area contributed by atoms with Crippen LogP contribution in [-0.4, -0.2) is 57.9 Å². The third-order valence-corrected chi connectivity index (χ3v) is 6.06. The van der Waals surface area contributed by atoms with E-state index in [9.17, 15) is 22.8 Å². The number of alkyl halides is 3. The predicted octanol–water partition coefficient (Wildman–Crippen LogP) is 3.66. The first kappa shape index (κ1) is 21.6. The number of fused-ring (bicyclic) bond motifs is 1. The Morgan fingerprint density at radius 1 is 1.29 bits per heavy atom. The number of piperidine rings is 1. The molecule has 0 spiro atoms. The summed E-state index contributed by atoms with van der Waals surface area (Å²) in [6.45, 7) is 3.65. The number of halogens is 3. The molecule has 2 aliphatic heterocycles. The lowest BCUT2D eigenvalue weighted by atomic mass is 9.91. The highest BCUT2D eigenvalue weighted by atomic mass is 19.4. The van der Waals surface area contributed by atoms with E-state index in [1.165, 1.54) is 6.92 Å². The molecule has 2 aromatic heterocycles. The number of aryl methyl sites for hydroxylation is 1. The maximum atomic E-state index is 13.6. The Kier molecular flexibility index (Phi) is 5.90. The van der Waals surface area contributed by atoms with Gasteiger partial charge >= 0.3 is 6.18 Å². The minimum absolute atomic E-state index is 0.0471. The van der Waals surface area contributed by atoms with Crippen LogP contribution in [0.1, 0.15) is 61.4 Å². The molecule has 0 N–H and O–H groups in total. The standard InChI is InChI=1S/C21H25F3N4O3/c1-13-11-15(21(22,23)24)18-19(26-31-20(18)25-13)14-5-2-10-28(12-14)17(30)7-4-9-27-8-3-6-16(27)29/h11,14H,2-10,12H2,1H3. The van der Waals surface area contributed by atoms with Crippen LogP contribution in [0, 0.1) is 6.92 Å². The Morgan fingerprint density at radius 3 is 2.81 bits per heavy atom. The molecule has 31 heavy (non-hydrogen) atoms. The van der Waals surface area contributed by atoms with Gasteiger partial charge in [-0.25, -0.2) is 4.98 Å². The van der Waals surface area contributed by atoms with Crippen LogP contribution in [0.2, 0.25) is 0 Å². The molecular formula is C21H25F3N4O3. The monoisotopic (exact) mass is 438 g/mol. The summed E-state index contributed by atoms with van der Waals surface area (Å²) < 4.78 is 46.0. The first-order chi connectivity index (χ1) is 14.7. The number of pyridine rings is 1. The van der Waals surface area contributed by atoms with Gasteiger partial charge in [-0.15, -0.1) is 0 Å². The van der Waals surface area contributed by atoms with E-state index < -0.39 is 11.7 Å². The number of hydrogen-bond acceptors (Lipinski definition) is 5. The molecule has 4 rings (SSSR count). The molecule has 0 aliphatic carbocycles. The number of likely N-dealkylation sites (tertiary alicyclic amines) is 2. The van der Waals surface area contributed by atoms with Gasteiger partial charge in [0.05, 0.1) is 16.6 Å². The van der Waals surface area contributed by atoms with Crippen molar-refractivity contribution in [3.63, 3.8) is 0 Å². The maximum Gasteiger partial charge on any atom is 0.417 e. The molecule has 2 amide bonds. The Balaban J connectivity index is 1.46. The molecular weight excluding hydrogens is 413 g/mol. The highest BCUT2D eigenvalue weighted by Gasteiger charge is 2.38. The fourth-order valence-corrected chi connectivity index (χ4v) is 4.55. The van der Waals surface area contributed by atoms with Crippen molar-refractivity contribution in [2.24, 2.45) is 0 Å². The second kappa shape index (κ2) is 8.47. The van der Waals surface area contributed by atoms with E-state index in [4.69, 9.17) is 4.52 Å². The Morgan fingerprint density at radius 2 is 2.10 bits per heavy atom. The molecule has 2 saturated heterocycles. The summed E-state index contributed by atoms with van der Waals surface area (Å²) in [6.07, 6.45) is -0.925. The van der Waals surface area contributed by atoms with Crippen molar-refractivity contribution >= 4 is 22.9 Å². The molecule has 0 radical (unpaired) electrons. The highest BCUT2D eigenvalue weighted by Crippen LogP contribution is 2.40. The molecule has 168 valence electrons. The molecule has 1 atom stereocenters. The summed E-state index contributed by atoms with van der Waals surface area (Å²) in [6, 6.07) is 1.01. The van der Waals surface area contributed by atoms with Crippen LogP contribution >= 0.6 is 0 Å². The molecule has 2 aromatic rings. The van der Waals surface area contributed by atoms with Crippen LogP contribution in [0.25, 0.3) is 11.1 Å². The van der Waals surface area contributed by atoms with Gasteiger partial charge in [0, 0.05) is 50.6 Å². The molecule has 0 saturated carbocycles. The van der Waals surface area contributed by atoms with Crippen molar-refractivity contribution in [1.82, 2.24) is 19.9 Å². The predicted molar refractivity (Wildman–Crippen MR) is 105 cm³/mol. The smallest absolute Gasteiger partial charge is 0.343 e. The lowest BCUT2D eigenvalue weighted by Gasteiger charge is -2.32. The van der Waals surface area contributed by atoms with Crippen LogP contribution in [0.3, 0.4) is 0 Å². The average molecular weight is 438 g/mol. The van der Waals surface area contributed by atoms with E-state index in [1.807, 2.05) is 0 Å². The van der Waals surface area contributed by atoms with E-state index in [0.717, 1.165) is 19.0 Å². The molecule has 1 unspecified atom stereocenters. The van der Waals surface area contributed by atoms with Crippen molar-refractivity contribution in [2.75, 3.05) is 26.2 Å². The fraction of sp³-hybridized carbons (Fsp3) is 0.619. The van der Waals surface area contributed by atoms with E-state index in [2.05, 4.69) is 10.1 Å². The van der Waals surface area contributed by atoms with E-state index in [1.54, 1.807) is 9.80 Å². The Hall–Kier alpha value is -2.65. The van der Waals surface area contributed by atoms with E-state index in [0.29, 0.717) is 51.7 Å². The summed E-state index contributed by atoms with van der Waals surface area (Å²) >= 11 is 0. The van der Waals surface area contributed by atoms with E-state index in [-0.39, 0.29) is 40.2 Å². The van der Waals surface area contributed by atoms with Crippen LogP contribution in [-0.2, 0) is 15.8 Å². The zero-order valence-corrected chi connectivity index (χ0v) is 17.4. The minimum Gasteiger partial charge on any atom is -0.343 e.